The van der Waals surface area contributed by atoms with E-state index in [0.717, 1.165) is 31.4 Å². The highest BCUT2D eigenvalue weighted by Gasteiger charge is 2.06. The average molecular weight is 253 g/mol. The maximum Gasteiger partial charge on any atom is 0.177 e. The molecule has 0 N–H and O–H groups in total. The summed E-state index contributed by atoms with van der Waals surface area (Å²) in [5.74, 6) is 0. The Bertz CT molecular complexity index is 461. The standard InChI is InChI=1S/C13H19NO2S/c1-3-4-5-6-7-8-12-9-10-13(11-14-12)17(2,15)16/h3-4,9-11H,5-8H2,1-2H3. The van der Waals surface area contributed by atoms with Crippen molar-refractivity contribution in [1.29, 1.82) is 0 Å². The van der Waals surface area contributed by atoms with Crippen LogP contribution >= 0.6 is 0 Å². The molecule has 0 aromatic carbocycles. The highest BCUT2D eigenvalue weighted by molar-refractivity contribution is 7.90. The van der Waals surface area contributed by atoms with E-state index in [1.807, 2.05) is 6.92 Å². The number of hydrogen-bond donors (Lipinski definition) is 0. The second-order valence-corrected chi connectivity index (χ2v) is 6.09. The van der Waals surface area contributed by atoms with Gasteiger partial charge >= 0.3 is 0 Å². The number of allylic oxidation sites excluding steroid dienone is 2. The summed E-state index contributed by atoms with van der Waals surface area (Å²) in [7, 11) is -3.12. The first-order valence-corrected chi connectivity index (χ1v) is 7.69. The van der Waals surface area contributed by atoms with Crippen LogP contribution in [-0.4, -0.2) is 19.7 Å². The summed E-state index contributed by atoms with van der Waals surface area (Å²) in [5.41, 5.74) is 0.956. The molecule has 0 saturated heterocycles. The van der Waals surface area contributed by atoms with Crippen LogP contribution in [0.25, 0.3) is 0 Å². The maximum absolute atomic E-state index is 11.2. The van der Waals surface area contributed by atoms with Crippen LogP contribution in [-0.2, 0) is 16.3 Å². The van der Waals surface area contributed by atoms with Gasteiger partial charge in [-0.15, -0.1) is 0 Å². The van der Waals surface area contributed by atoms with Gasteiger partial charge in [0.2, 0.25) is 0 Å². The number of sulfone groups is 1. The van der Waals surface area contributed by atoms with Gasteiger partial charge in [0.05, 0.1) is 4.90 Å². The third kappa shape index (κ3) is 5.13. The Hall–Kier alpha value is -1.16. The molecule has 1 aromatic heterocycles. The normalized spacial score (nSPS) is 12.1. The monoisotopic (exact) mass is 253 g/mol. The molecule has 17 heavy (non-hydrogen) atoms. The minimum Gasteiger partial charge on any atom is -0.260 e. The molecule has 4 heteroatoms. The van der Waals surface area contributed by atoms with Gasteiger partial charge in [0.25, 0.3) is 0 Å². The molecule has 0 aliphatic carbocycles. The van der Waals surface area contributed by atoms with Crippen LogP contribution in [0.2, 0.25) is 0 Å². The van der Waals surface area contributed by atoms with Crippen LogP contribution < -0.4 is 0 Å². The Morgan fingerprint density at radius 3 is 2.59 bits per heavy atom. The van der Waals surface area contributed by atoms with Crippen LogP contribution in [0.4, 0.5) is 0 Å². The zero-order valence-corrected chi connectivity index (χ0v) is 11.2. The molecule has 0 atom stereocenters. The Morgan fingerprint density at radius 2 is 2.06 bits per heavy atom. The minimum absolute atomic E-state index is 0.287. The maximum atomic E-state index is 11.2. The van der Waals surface area contributed by atoms with Crippen molar-refractivity contribution >= 4 is 9.84 Å². The molecule has 1 aromatic rings. The van der Waals surface area contributed by atoms with Crippen molar-refractivity contribution in [3.63, 3.8) is 0 Å². The molecule has 0 saturated carbocycles. The summed E-state index contributed by atoms with van der Waals surface area (Å²) in [5, 5.41) is 0. The predicted molar refractivity (Wildman–Crippen MR) is 69.7 cm³/mol. The second kappa shape index (κ2) is 6.55. The van der Waals surface area contributed by atoms with E-state index in [1.165, 1.54) is 12.5 Å². The van der Waals surface area contributed by atoms with Crippen molar-refractivity contribution in [2.45, 2.75) is 37.5 Å². The second-order valence-electron chi connectivity index (χ2n) is 4.07. The first kappa shape index (κ1) is 13.9. The Labute approximate surface area is 104 Å². The van der Waals surface area contributed by atoms with E-state index in [0.29, 0.717) is 0 Å². The van der Waals surface area contributed by atoms with Gasteiger partial charge in [-0.25, -0.2) is 8.42 Å². The fraction of sp³-hybridized carbons (Fsp3) is 0.462. The summed E-state index contributed by atoms with van der Waals surface area (Å²) in [4.78, 5) is 4.45. The summed E-state index contributed by atoms with van der Waals surface area (Å²) in [6.07, 6.45) is 11.1. The number of aromatic nitrogens is 1. The van der Waals surface area contributed by atoms with Crippen LogP contribution in [0.1, 0.15) is 31.9 Å². The smallest absolute Gasteiger partial charge is 0.177 e. The van der Waals surface area contributed by atoms with Gasteiger partial charge in [0, 0.05) is 18.1 Å². The molecule has 1 rings (SSSR count). The quantitative estimate of drug-likeness (QED) is 0.578. The number of pyridine rings is 1. The van der Waals surface area contributed by atoms with E-state index in [9.17, 15) is 8.42 Å². The van der Waals surface area contributed by atoms with Crippen molar-refractivity contribution in [3.05, 3.63) is 36.2 Å². The van der Waals surface area contributed by atoms with Crippen LogP contribution in [0.15, 0.2) is 35.4 Å². The number of aryl methyl sites for hydroxylation is 1. The van der Waals surface area contributed by atoms with Gasteiger partial charge in [-0.05, 0) is 44.7 Å². The molecular formula is C13H19NO2S. The van der Waals surface area contributed by atoms with Crippen molar-refractivity contribution < 1.29 is 8.42 Å². The molecule has 0 fully saturated rings. The van der Waals surface area contributed by atoms with E-state index >= 15 is 0 Å². The zero-order valence-electron chi connectivity index (χ0n) is 10.4. The largest absolute Gasteiger partial charge is 0.260 e. The number of unbranched alkanes of at least 4 members (excludes halogenated alkanes) is 2. The Morgan fingerprint density at radius 1 is 1.29 bits per heavy atom. The molecule has 0 amide bonds. The third-order valence-electron chi connectivity index (χ3n) is 2.52. The van der Waals surface area contributed by atoms with Crippen molar-refractivity contribution in [1.82, 2.24) is 4.98 Å². The summed E-state index contributed by atoms with van der Waals surface area (Å²) >= 11 is 0. The molecule has 1 heterocycles. The molecule has 0 aliphatic rings. The predicted octanol–water partition coefficient (Wildman–Crippen LogP) is 2.77. The van der Waals surface area contributed by atoms with E-state index in [-0.39, 0.29) is 4.90 Å². The molecular weight excluding hydrogens is 234 g/mol. The SMILES string of the molecule is CC=CCCCCc1ccc(S(C)(=O)=O)cn1. The number of hydrogen-bond acceptors (Lipinski definition) is 3. The average Bonchev–Trinajstić information content (AvgIpc) is 2.28. The lowest BCUT2D eigenvalue weighted by Gasteiger charge is -2.01. The lowest BCUT2D eigenvalue weighted by Crippen LogP contribution is -1.99. The summed E-state index contributed by atoms with van der Waals surface area (Å²) in [6, 6.07) is 3.43. The van der Waals surface area contributed by atoms with Gasteiger partial charge in [0.15, 0.2) is 9.84 Å². The molecule has 0 radical (unpaired) electrons. The fourth-order valence-corrected chi connectivity index (χ4v) is 2.07. The molecule has 0 unspecified atom stereocenters. The Balaban J connectivity index is 2.46. The zero-order chi connectivity index (χ0) is 12.7. The summed E-state index contributed by atoms with van der Waals surface area (Å²) in [6.45, 7) is 2.02. The van der Waals surface area contributed by atoms with Crippen LogP contribution in [0, 0.1) is 0 Å². The molecule has 0 spiro atoms. The van der Waals surface area contributed by atoms with E-state index in [4.69, 9.17) is 0 Å². The summed E-state index contributed by atoms with van der Waals surface area (Å²) < 4.78 is 22.5. The van der Waals surface area contributed by atoms with Crippen molar-refractivity contribution in [2.75, 3.05) is 6.26 Å². The minimum atomic E-state index is -3.12. The van der Waals surface area contributed by atoms with Crippen LogP contribution in [0.5, 0.6) is 0 Å². The third-order valence-corrected chi connectivity index (χ3v) is 3.61. The van der Waals surface area contributed by atoms with E-state index in [1.54, 1.807) is 12.1 Å². The molecule has 3 nitrogen and oxygen atoms in total. The lowest BCUT2D eigenvalue weighted by atomic mass is 10.1. The molecule has 0 bridgehead atoms. The fourth-order valence-electron chi connectivity index (χ4n) is 1.51. The lowest BCUT2D eigenvalue weighted by molar-refractivity contribution is 0.601. The van der Waals surface area contributed by atoms with Crippen molar-refractivity contribution in [2.24, 2.45) is 0 Å². The van der Waals surface area contributed by atoms with Gasteiger partial charge in [0.1, 0.15) is 0 Å². The highest BCUT2D eigenvalue weighted by Crippen LogP contribution is 2.09. The molecule has 94 valence electrons. The first-order chi connectivity index (χ1) is 8.04. The topological polar surface area (TPSA) is 47.0 Å². The van der Waals surface area contributed by atoms with Gasteiger partial charge in [-0.1, -0.05) is 12.2 Å². The highest BCUT2D eigenvalue weighted by atomic mass is 32.2. The number of rotatable bonds is 6. The van der Waals surface area contributed by atoms with Gasteiger partial charge in [-0.2, -0.15) is 0 Å². The number of nitrogens with zero attached hydrogens (tertiary/aromatic N) is 1. The van der Waals surface area contributed by atoms with Gasteiger partial charge in [-0.3, -0.25) is 4.98 Å². The van der Waals surface area contributed by atoms with E-state index < -0.39 is 9.84 Å². The molecule has 0 aliphatic heterocycles. The van der Waals surface area contributed by atoms with Crippen molar-refractivity contribution in [3.8, 4) is 0 Å². The van der Waals surface area contributed by atoms with Crippen LogP contribution in [0.3, 0.4) is 0 Å². The Kier molecular flexibility index (Phi) is 5.35. The van der Waals surface area contributed by atoms with Gasteiger partial charge < -0.3 is 0 Å². The van der Waals surface area contributed by atoms with E-state index in [2.05, 4.69) is 17.1 Å². The first-order valence-electron chi connectivity index (χ1n) is 5.80.